The monoisotopic (exact) mass is 253 g/mol. The second-order valence-electron chi connectivity index (χ2n) is 4.25. The maximum atomic E-state index is 12.0. The maximum absolute atomic E-state index is 12.0. The molecule has 1 N–H and O–H groups in total. The van der Waals surface area contributed by atoms with Crippen molar-refractivity contribution in [1.82, 2.24) is 10.2 Å². The Morgan fingerprint density at radius 2 is 2.17 bits per heavy atom. The van der Waals surface area contributed by atoms with Gasteiger partial charge >= 0.3 is 5.88 Å². The molecule has 1 aliphatic heterocycles. The number of piperidine rings is 1. The van der Waals surface area contributed by atoms with E-state index < -0.39 is 10.8 Å². The first-order valence-electron chi connectivity index (χ1n) is 5.82. The van der Waals surface area contributed by atoms with Crippen LogP contribution in [0, 0.1) is 10.1 Å². The van der Waals surface area contributed by atoms with Crippen LogP contribution in [0.4, 0.5) is 5.88 Å². The van der Waals surface area contributed by atoms with E-state index in [4.69, 9.17) is 4.42 Å². The van der Waals surface area contributed by atoms with Crippen molar-refractivity contribution in [3.05, 3.63) is 28.0 Å². The SMILES string of the molecule is CNC1CCN(C(=O)c2ccc([N+](=O)[O-])o2)CC1. The third-order valence-electron chi connectivity index (χ3n) is 3.17. The van der Waals surface area contributed by atoms with Gasteiger partial charge in [0.25, 0.3) is 5.91 Å². The molecule has 2 rings (SSSR count). The molecular formula is C11H15N3O4. The average molecular weight is 253 g/mol. The molecule has 18 heavy (non-hydrogen) atoms. The van der Waals surface area contributed by atoms with Gasteiger partial charge in [-0.1, -0.05) is 0 Å². The van der Waals surface area contributed by atoms with Gasteiger partial charge in [-0.15, -0.1) is 0 Å². The van der Waals surface area contributed by atoms with E-state index in [-0.39, 0.29) is 11.7 Å². The molecule has 0 bridgehead atoms. The number of hydrogen-bond acceptors (Lipinski definition) is 5. The number of carbonyl (C=O) groups is 1. The molecule has 0 unspecified atom stereocenters. The number of hydrogen-bond donors (Lipinski definition) is 1. The summed E-state index contributed by atoms with van der Waals surface area (Å²) in [7, 11) is 1.90. The van der Waals surface area contributed by atoms with E-state index in [9.17, 15) is 14.9 Å². The van der Waals surface area contributed by atoms with E-state index >= 15 is 0 Å². The van der Waals surface area contributed by atoms with Crippen LogP contribution in [-0.4, -0.2) is 41.9 Å². The zero-order chi connectivity index (χ0) is 13.1. The minimum atomic E-state index is -0.649. The first-order chi connectivity index (χ1) is 8.61. The first kappa shape index (κ1) is 12.6. The number of nitro groups is 1. The second kappa shape index (κ2) is 5.18. The number of nitrogens with zero attached hydrogens (tertiary/aromatic N) is 2. The summed E-state index contributed by atoms with van der Waals surface area (Å²) in [5, 5.41) is 13.6. The standard InChI is InChI=1S/C11H15N3O4/c1-12-8-4-6-13(7-5-8)11(15)9-2-3-10(18-9)14(16)17/h2-3,8,12H,4-7H2,1H3. The van der Waals surface area contributed by atoms with Crippen LogP contribution in [0.2, 0.25) is 0 Å². The van der Waals surface area contributed by atoms with Gasteiger partial charge in [-0.25, -0.2) is 0 Å². The molecule has 7 heteroatoms. The van der Waals surface area contributed by atoms with E-state index in [0.717, 1.165) is 12.8 Å². The van der Waals surface area contributed by atoms with Gasteiger partial charge in [0.1, 0.15) is 4.92 Å². The third-order valence-corrected chi connectivity index (χ3v) is 3.17. The summed E-state index contributed by atoms with van der Waals surface area (Å²) < 4.78 is 4.91. The predicted octanol–water partition coefficient (Wildman–Crippen LogP) is 1.01. The molecule has 1 aliphatic rings. The lowest BCUT2D eigenvalue weighted by Crippen LogP contribution is -2.43. The van der Waals surface area contributed by atoms with Crippen LogP contribution in [-0.2, 0) is 0 Å². The lowest BCUT2D eigenvalue weighted by Gasteiger charge is -2.31. The van der Waals surface area contributed by atoms with Crippen LogP contribution < -0.4 is 5.32 Å². The average Bonchev–Trinajstić information content (AvgIpc) is 2.88. The Kier molecular flexibility index (Phi) is 3.61. The molecule has 0 aliphatic carbocycles. The Bertz CT molecular complexity index is 449. The van der Waals surface area contributed by atoms with Crippen molar-refractivity contribution in [2.24, 2.45) is 0 Å². The fraction of sp³-hybridized carbons (Fsp3) is 0.545. The Labute approximate surface area is 104 Å². The van der Waals surface area contributed by atoms with Gasteiger partial charge in [0.15, 0.2) is 5.76 Å². The largest absolute Gasteiger partial charge is 0.433 e. The van der Waals surface area contributed by atoms with Crippen molar-refractivity contribution < 1.29 is 14.1 Å². The summed E-state index contributed by atoms with van der Waals surface area (Å²) in [4.78, 5) is 23.5. The summed E-state index contributed by atoms with van der Waals surface area (Å²) in [5.41, 5.74) is 0. The zero-order valence-electron chi connectivity index (χ0n) is 10.1. The molecule has 2 heterocycles. The van der Waals surface area contributed by atoms with E-state index in [0.29, 0.717) is 19.1 Å². The third kappa shape index (κ3) is 2.51. The van der Waals surface area contributed by atoms with Gasteiger partial charge in [0, 0.05) is 19.1 Å². The van der Waals surface area contributed by atoms with Crippen molar-refractivity contribution in [3.8, 4) is 0 Å². The van der Waals surface area contributed by atoms with Gasteiger partial charge in [-0.05, 0) is 26.0 Å². The van der Waals surface area contributed by atoms with E-state index in [1.165, 1.54) is 12.1 Å². The van der Waals surface area contributed by atoms with Gasteiger partial charge < -0.3 is 14.6 Å². The molecule has 1 aromatic rings. The van der Waals surface area contributed by atoms with Crippen LogP contribution in [0.1, 0.15) is 23.4 Å². The second-order valence-corrected chi connectivity index (χ2v) is 4.25. The fourth-order valence-electron chi connectivity index (χ4n) is 2.07. The van der Waals surface area contributed by atoms with Crippen LogP contribution in [0.5, 0.6) is 0 Å². The molecule has 0 aromatic carbocycles. The Morgan fingerprint density at radius 1 is 1.50 bits per heavy atom. The quantitative estimate of drug-likeness (QED) is 0.641. The summed E-state index contributed by atoms with van der Waals surface area (Å²) >= 11 is 0. The van der Waals surface area contributed by atoms with Crippen molar-refractivity contribution in [2.75, 3.05) is 20.1 Å². The highest BCUT2D eigenvalue weighted by molar-refractivity contribution is 5.91. The van der Waals surface area contributed by atoms with Crippen molar-refractivity contribution in [2.45, 2.75) is 18.9 Å². The first-order valence-corrected chi connectivity index (χ1v) is 5.82. The van der Waals surface area contributed by atoms with Crippen molar-refractivity contribution >= 4 is 11.8 Å². The number of carbonyl (C=O) groups excluding carboxylic acids is 1. The van der Waals surface area contributed by atoms with Gasteiger partial charge in [-0.3, -0.25) is 14.9 Å². The molecule has 1 amide bonds. The summed E-state index contributed by atoms with van der Waals surface area (Å²) in [6.07, 6.45) is 1.76. The van der Waals surface area contributed by atoms with E-state index in [2.05, 4.69) is 5.32 Å². The van der Waals surface area contributed by atoms with Crippen LogP contribution in [0.25, 0.3) is 0 Å². The molecule has 1 fully saturated rings. The smallest absolute Gasteiger partial charge is 0.395 e. The molecule has 0 saturated carbocycles. The number of furan rings is 1. The normalized spacial score (nSPS) is 16.8. The van der Waals surface area contributed by atoms with Gasteiger partial charge in [0.05, 0.1) is 6.07 Å². The molecule has 98 valence electrons. The van der Waals surface area contributed by atoms with Gasteiger partial charge in [-0.2, -0.15) is 0 Å². The van der Waals surface area contributed by atoms with Gasteiger partial charge in [0.2, 0.25) is 0 Å². The summed E-state index contributed by atoms with van der Waals surface area (Å²) in [6, 6.07) is 2.98. The Morgan fingerprint density at radius 3 is 2.67 bits per heavy atom. The molecule has 0 atom stereocenters. The molecule has 1 saturated heterocycles. The molecular weight excluding hydrogens is 238 g/mol. The minimum absolute atomic E-state index is 0.0320. The van der Waals surface area contributed by atoms with E-state index in [1.807, 2.05) is 7.05 Å². The highest BCUT2D eigenvalue weighted by atomic mass is 16.6. The zero-order valence-corrected chi connectivity index (χ0v) is 10.1. The number of amides is 1. The van der Waals surface area contributed by atoms with E-state index in [1.54, 1.807) is 4.90 Å². The topological polar surface area (TPSA) is 88.6 Å². The molecule has 7 nitrogen and oxygen atoms in total. The highest BCUT2D eigenvalue weighted by Crippen LogP contribution is 2.19. The lowest BCUT2D eigenvalue weighted by atomic mass is 10.1. The fourth-order valence-corrected chi connectivity index (χ4v) is 2.07. The molecule has 1 aromatic heterocycles. The Balaban J connectivity index is 2.01. The number of rotatable bonds is 3. The number of nitrogens with one attached hydrogen (secondary N) is 1. The van der Waals surface area contributed by atoms with Crippen molar-refractivity contribution in [1.29, 1.82) is 0 Å². The van der Waals surface area contributed by atoms with Crippen molar-refractivity contribution in [3.63, 3.8) is 0 Å². The summed E-state index contributed by atoms with van der Waals surface area (Å²) in [5.74, 6) is -0.647. The lowest BCUT2D eigenvalue weighted by molar-refractivity contribution is -0.402. The van der Waals surface area contributed by atoms with Crippen LogP contribution in [0.15, 0.2) is 16.5 Å². The predicted molar refractivity (Wildman–Crippen MR) is 63.3 cm³/mol. The number of likely N-dealkylation sites (tertiary alicyclic amines) is 1. The summed E-state index contributed by atoms with van der Waals surface area (Å²) in [6.45, 7) is 1.28. The maximum Gasteiger partial charge on any atom is 0.433 e. The molecule has 0 spiro atoms. The van der Waals surface area contributed by atoms with Crippen LogP contribution >= 0.6 is 0 Å². The van der Waals surface area contributed by atoms with Crippen LogP contribution in [0.3, 0.4) is 0 Å². The molecule has 0 radical (unpaired) electrons. The minimum Gasteiger partial charge on any atom is -0.395 e. The Hall–Kier alpha value is -1.89. The highest BCUT2D eigenvalue weighted by Gasteiger charge is 2.26.